The molecule has 0 radical (unpaired) electrons. The molecule has 0 atom stereocenters. The van der Waals surface area contributed by atoms with Gasteiger partial charge in [-0.25, -0.2) is 4.98 Å². The molecule has 36 heavy (non-hydrogen) atoms. The van der Waals surface area contributed by atoms with Gasteiger partial charge < -0.3 is 20.4 Å². The van der Waals surface area contributed by atoms with Gasteiger partial charge in [0.25, 0.3) is 5.91 Å². The SMILES string of the molecule is N#Cc1ccc2[nH]cc(CCCN3CCN(c4ccc(Oc5nccc(C(N)=O)n5)cc4)CC3)c2c1. The molecule has 3 heterocycles. The zero-order valence-electron chi connectivity index (χ0n) is 19.9. The minimum atomic E-state index is -0.621. The second-order valence-corrected chi connectivity index (χ2v) is 8.80. The maximum atomic E-state index is 11.3. The quantitative estimate of drug-likeness (QED) is 0.395. The van der Waals surface area contributed by atoms with Crippen molar-refractivity contribution < 1.29 is 9.53 Å². The van der Waals surface area contributed by atoms with Crippen LogP contribution in [-0.4, -0.2) is 58.5 Å². The molecule has 2 aromatic heterocycles. The first-order valence-corrected chi connectivity index (χ1v) is 12.0. The summed E-state index contributed by atoms with van der Waals surface area (Å²) in [6.45, 7) is 5.00. The molecular weight excluding hydrogens is 454 g/mol. The fourth-order valence-corrected chi connectivity index (χ4v) is 4.54. The number of piperazine rings is 1. The summed E-state index contributed by atoms with van der Waals surface area (Å²) in [5, 5.41) is 10.3. The molecule has 1 amide bonds. The number of hydrogen-bond acceptors (Lipinski definition) is 7. The van der Waals surface area contributed by atoms with E-state index in [1.165, 1.54) is 17.8 Å². The molecule has 0 unspecified atom stereocenters. The number of carbonyl (C=O) groups is 1. The topological polar surface area (TPSA) is 124 Å². The number of ether oxygens (including phenoxy) is 1. The second kappa shape index (κ2) is 10.5. The number of nitriles is 1. The number of rotatable bonds is 8. The fourth-order valence-electron chi connectivity index (χ4n) is 4.54. The number of nitrogens with zero attached hydrogens (tertiary/aromatic N) is 5. The van der Waals surface area contributed by atoms with E-state index in [0.717, 1.165) is 62.2 Å². The van der Waals surface area contributed by atoms with Crippen molar-refractivity contribution in [2.75, 3.05) is 37.6 Å². The lowest BCUT2D eigenvalue weighted by atomic mass is 10.1. The van der Waals surface area contributed by atoms with Gasteiger partial charge in [0.15, 0.2) is 0 Å². The number of amides is 1. The maximum Gasteiger partial charge on any atom is 0.322 e. The molecular formula is C27H27N7O2. The molecule has 1 aliphatic heterocycles. The average molecular weight is 482 g/mol. The minimum absolute atomic E-state index is 0.0887. The van der Waals surface area contributed by atoms with Crippen molar-refractivity contribution in [3.05, 3.63) is 77.7 Å². The highest BCUT2D eigenvalue weighted by Gasteiger charge is 2.17. The Morgan fingerprint density at radius 1 is 1.11 bits per heavy atom. The van der Waals surface area contributed by atoms with Crippen LogP contribution in [0.5, 0.6) is 11.8 Å². The van der Waals surface area contributed by atoms with E-state index in [-0.39, 0.29) is 11.7 Å². The second-order valence-electron chi connectivity index (χ2n) is 8.80. The van der Waals surface area contributed by atoms with Crippen LogP contribution < -0.4 is 15.4 Å². The van der Waals surface area contributed by atoms with Gasteiger partial charge in [-0.15, -0.1) is 0 Å². The molecule has 182 valence electrons. The van der Waals surface area contributed by atoms with Crippen LogP contribution in [0.15, 0.2) is 60.9 Å². The van der Waals surface area contributed by atoms with Gasteiger partial charge >= 0.3 is 6.01 Å². The van der Waals surface area contributed by atoms with Gasteiger partial charge in [-0.2, -0.15) is 10.2 Å². The number of hydrogen-bond donors (Lipinski definition) is 2. The molecule has 0 aliphatic carbocycles. The van der Waals surface area contributed by atoms with E-state index in [1.807, 2.05) is 42.5 Å². The van der Waals surface area contributed by atoms with Crippen LogP contribution in [0.2, 0.25) is 0 Å². The standard InChI is InChI=1S/C27H27N7O2/c28-17-19-3-8-24-23(16-19)20(18-31-24)2-1-11-33-12-14-34(15-13-33)21-4-6-22(7-5-21)36-27-30-10-9-25(32-27)26(29)35/h3-10,16,18,31H,1-2,11-15H2,(H2,29,35). The molecule has 1 fully saturated rings. The zero-order valence-corrected chi connectivity index (χ0v) is 19.9. The van der Waals surface area contributed by atoms with Gasteiger partial charge in [-0.1, -0.05) is 0 Å². The number of aromatic nitrogens is 3. The first kappa shape index (κ1) is 23.3. The summed E-state index contributed by atoms with van der Waals surface area (Å²) in [5.41, 5.74) is 9.57. The third-order valence-corrected chi connectivity index (χ3v) is 6.49. The number of fused-ring (bicyclic) bond motifs is 1. The summed E-state index contributed by atoms with van der Waals surface area (Å²) in [4.78, 5) is 27.5. The lowest BCUT2D eigenvalue weighted by Crippen LogP contribution is -2.46. The number of primary amides is 1. The number of H-pyrrole nitrogens is 1. The molecule has 2 aromatic carbocycles. The van der Waals surface area contributed by atoms with Gasteiger partial charge in [0.2, 0.25) is 0 Å². The Balaban J connectivity index is 1.10. The van der Waals surface area contributed by atoms with E-state index in [0.29, 0.717) is 11.3 Å². The van der Waals surface area contributed by atoms with Gasteiger partial charge in [-0.05, 0) is 73.5 Å². The summed E-state index contributed by atoms with van der Waals surface area (Å²) < 4.78 is 5.67. The number of benzene rings is 2. The predicted octanol–water partition coefficient (Wildman–Crippen LogP) is 3.48. The van der Waals surface area contributed by atoms with Crippen molar-refractivity contribution in [1.29, 1.82) is 5.26 Å². The highest BCUT2D eigenvalue weighted by atomic mass is 16.5. The van der Waals surface area contributed by atoms with Crippen LogP contribution in [0.4, 0.5) is 5.69 Å². The molecule has 4 aromatic rings. The van der Waals surface area contributed by atoms with Crippen LogP contribution in [0.25, 0.3) is 10.9 Å². The number of aryl methyl sites for hydroxylation is 1. The molecule has 1 aliphatic rings. The Labute approximate surface area is 209 Å². The summed E-state index contributed by atoms with van der Waals surface area (Å²) in [6.07, 6.45) is 5.58. The van der Waals surface area contributed by atoms with Gasteiger partial charge in [0.1, 0.15) is 11.4 Å². The highest BCUT2D eigenvalue weighted by molar-refractivity contribution is 5.90. The van der Waals surface area contributed by atoms with Crippen molar-refractivity contribution >= 4 is 22.5 Å². The number of anilines is 1. The molecule has 5 rings (SSSR count). The van der Waals surface area contributed by atoms with Crippen molar-refractivity contribution in [3.8, 4) is 17.8 Å². The van der Waals surface area contributed by atoms with E-state index >= 15 is 0 Å². The van der Waals surface area contributed by atoms with Crippen molar-refractivity contribution in [2.45, 2.75) is 12.8 Å². The first-order valence-electron chi connectivity index (χ1n) is 12.0. The Hall–Kier alpha value is -4.42. The summed E-state index contributed by atoms with van der Waals surface area (Å²) in [6, 6.07) is 17.4. The Morgan fingerprint density at radius 3 is 2.67 bits per heavy atom. The molecule has 9 nitrogen and oxygen atoms in total. The van der Waals surface area contributed by atoms with Crippen LogP contribution >= 0.6 is 0 Å². The summed E-state index contributed by atoms with van der Waals surface area (Å²) in [7, 11) is 0. The van der Waals surface area contributed by atoms with E-state index in [2.05, 4.69) is 37.0 Å². The largest absolute Gasteiger partial charge is 0.424 e. The number of carbonyl (C=O) groups excluding carboxylic acids is 1. The van der Waals surface area contributed by atoms with Crippen molar-refractivity contribution in [3.63, 3.8) is 0 Å². The molecule has 1 saturated heterocycles. The lowest BCUT2D eigenvalue weighted by molar-refractivity contribution is 0.0994. The first-order chi connectivity index (χ1) is 17.6. The minimum Gasteiger partial charge on any atom is -0.424 e. The van der Waals surface area contributed by atoms with Crippen LogP contribution in [0.3, 0.4) is 0 Å². The van der Waals surface area contributed by atoms with Crippen LogP contribution in [-0.2, 0) is 6.42 Å². The number of nitrogens with two attached hydrogens (primary N) is 1. The smallest absolute Gasteiger partial charge is 0.322 e. The Bertz CT molecular complexity index is 1400. The third-order valence-electron chi connectivity index (χ3n) is 6.49. The fraction of sp³-hybridized carbons (Fsp3) is 0.259. The van der Waals surface area contributed by atoms with E-state index in [4.69, 9.17) is 10.5 Å². The average Bonchev–Trinajstić information content (AvgIpc) is 3.32. The molecule has 9 heteroatoms. The summed E-state index contributed by atoms with van der Waals surface area (Å²) >= 11 is 0. The van der Waals surface area contributed by atoms with Crippen LogP contribution in [0, 0.1) is 11.3 Å². The third kappa shape index (κ3) is 5.29. The maximum absolute atomic E-state index is 11.3. The normalized spacial score (nSPS) is 14.0. The predicted molar refractivity (Wildman–Crippen MR) is 137 cm³/mol. The van der Waals surface area contributed by atoms with Gasteiger partial charge in [0.05, 0.1) is 11.6 Å². The van der Waals surface area contributed by atoms with E-state index in [9.17, 15) is 10.1 Å². The molecule has 0 spiro atoms. The van der Waals surface area contributed by atoms with Crippen LogP contribution in [0.1, 0.15) is 28.0 Å². The van der Waals surface area contributed by atoms with Crippen molar-refractivity contribution in [2.24, 2.45) is 5.73 Å². The van der Waals surface area contributed by atoms with E-state index in [1.54, 1.807) is 0 Å². The molecule has 3 N–H and O–H groups in total. The van der Waals surface area contributed by atoms with Crippen molar-refractivity contribution in [1.82, 2.24) is 19.9 Å². The van der Waals surface area contributed by atoms with Gasteiger partial charge in [-0.3, -0.25) is 9.69 Å². The summed E-state index contributed by atoms with van der Waals surface area (Å²) in [5.74, 6) is -0.0259. The molecule has 0 bridgehead atoms. The van der Waals surface area contributed by atoms with E-state index < -0.39 is 5.91 Å². The highest BCUT2D eigenvalue weighted by Crippen LogP contribution is 2.24. The Kier molecular flexibility index (Phi) is 6.78. The Morgan fingerprint density at radius 2 is 1.92 bits per heavy atom. The monoisotopic (exact) mass is 481 g/mol. The lowest BCUT2D eigenvalue weighted by Gasteiger charge is -2.36. The van der Waals surface area contributed by atoms with Gasteiger partial charge in [0, 0.05) is 55.2 Å². The number of aromatic amines is 1. The molecule has 0 saturated carbocycles. The zero-order chi connectivity index (χ0) is 24.9. The number of nitrogens with one attached hydrogen (secondary N) is 1.